The second-order valence-electron chi connectivity index (χ2n) is 3.39. The van der Waals surface area contributed by atoms with Crippen molar-refractivity contribution in [3.05, 3.63) is 0 Å². The molecule has 1 rings (SSSR count). The van der Waals surface area contributed by atoms with E-state index >= 15 is 0 Å². The number of ketones is 2. The maximum Gasteiger partial charge on any atom is 0.186 e. The van der Waals surface area contributed by atoms with Gasteiger partial charge in [0, 0.05) is 14.1 Å². The lowest BCUT2D eigenvalue weighted by Gasteiger charge is -2.24. The molecule has 0 aromatic rings. The van der Waals surface area contributed by atoms with E-state index in [2.05, 4.69) is 9.98 Å². The molecule has 1 aliphatic carbocycles. The van der Waals surface area contributed by atoms with E-state index in [1.165, 1.54) is 14.1 Å². The first kappa shape index (κ1) is 10.8. The molecule has 0 amide bonds. The third-order valence-corrected chi connectivity index (χ3v) is 2.59. The third-order valence-electron chi connectivity index (χ3n) is 2.59. The topological polar surface area (TPSA) is 58.9 Å². The predicted octanol–water partition coefficient (Wildman–Crippen LogP) is 0.552. The van der Waals surface area contributed by atoms with Crippen molar-refractivity contribution in [3.63, 3.8) is 0 Å². The summed E-state index contributed by atoms with van der Waals surface area (Å²) in [5.74, 6) is -1.05. The molecule has 1 saturated carbocycles. The summed E-state index contributed by atoms with van der Waals surface area (Å²) in [4.78, 5) is 31.2. The Morgan fingerprint density at radius 3 is 1.36 bits per heavy atom. The Bertz CT molecular complexity index is 308. The van der Waals surface area contributed by atoms with Crippen LogP contribution in [0.2, 0.25) is 0 Å². The summed E-state index contributed by atoms with van der Waals surface area (Å²) in [5, 5.41) is 0. The van der Waals surface area contributed by atoms with Crippen LogP contribution >= 0.6 is 0 Å². The van der Waals surface area contributed by atoms with Gasteiger partial charge in [0.15, 0.2) is 11.6 Å². The van der Waals surface area contributed by atoms with Crippen molar-refractivity contribution in [1.29, 1.82) is 0 Å². The third kappa shape index (κ3) is 1.41. The molecule has 2 unspecified atom stereocenters. The van der Waals surface area contributed by atoms with Gasteiger partial charge in [-0.2, -0.15) is 0 Å². The molecular weight excluding hydrogens is 180 g/mol. The van der Waals surface area contributed by atoms with E-state index in [0.717, 1.165) is 0 Å². The molecule has 0 bridgehead atoms. The van der Waals surface area contributed by atoms with Gasteiger partial charge in [0.1, 0.15) is 0 Å². The SMILES string of the molecule is CN=C1C(=O)C(C)C(=NC)C(=O)C1C. The van der Waals surface area contributed by atoms with Crippen LogP contribution < -0.4 is 0 Å². The average Bonchev–Trinajstić information content (AvgIpc) is 2.17. The molecule has 0 radical (unpaired) electrons. The zero-order valence-electron chi connectivity index (χ0n) is 8.87. The second kappa shape index (κ2) is 3.82. The number of aliphatic imine (C=N–C) groups is 2. The zero-order chi connectivity index (χ0) is 10.9. The van der Waals surface area contributed by atoms with Crippen LogP contribution in [-0.2, 0) is 9.59 Å². The molecule has 2 atom stereocenters. The Morgan fingerprint density at radius 2 is 1.14 bits per heavy atom. The van der Waals surface area contributed by atoms with Crippen LogP contribution in [0.5, 0.6) is 0 Å². The van der Waals surface area contributed by atoms with Crippen molar-refractivity contribution in [3.8, 4) is 0 Å². The lowest BCUT2D eigenvalue weighted by atomic mass is 9.78. The second-order valence-corrected chi connectivity index (χ2v) is 3.39. The summed E-state index contributed by atoms with van der Waals surface area (Å²) in [6.45, 7) is 3.39. The minimum absolute atomic E-state index is 0.0831. The summed E-state index contributed by atoms with van der Waals surface area (Å²) in [6, 6.07) is 0. The minimum Gasteiger partial charge on any atom is -0.292 e. The van der Waals surface area contributed by atoms with Crippen LogP contribution in [-0.4, -0.2) is 37.1 Å². The molecule has 4 nitrogen and oxygen atoms in total. The van der Waals surface area contributed by atoms with Crippen molar-refractivity contribution in [2.75, 3.05) is 14.1 Å². The first-order valence-corrected chi connectivity index (χ1v) is 4.56. The van der Waals surface area contributed by atoms with Crippen LogP contribution in [0, 0.1) is 11.8 Å². The molecule has 76 valence electrons. The van der Waals surface area contributed by atoms with Crippen molar-refractivity contribution in [2.24, 2.45) is 21.8 Å². The first-order valence-electron chi connectivity index (χ1n) is 4.56. The van der Waals surface area contributed by atoms with E-state index in [9.17, 15) is 9.59 Å². The van der Waals surface area contributed by atoms with Crippen LogP contribution in [0.15, 0.2) is 9.98 Å². The van der Waals surface area contributed by atoms with E-state index in [1.54, 1.807) is 13.8 Å². The predicted molar refractivity (Wildman–Crippen MR) is 55.1 cm³/mol. The fourth-order valence-corrected chi connectivity index (χ4v) is 1.73. The molecule has 0 aliphatic heterocycles. The highest BCUT2D eigenvalue weighted by Crippen LogP contribution is 2.18. The Balaban J connectivity index is 3.20. The number of Topliss-reactive ketones (excluding diaryl/α,β-unsaturated/α-hetero) is 2. The molecule has 0 N–H and O–H groups in total. The maximum absolute atomic E-state index is 11.7. The van der Waals surface area contributed by atoms with E-state index in [1.807, 2.05) is 0 Å². The largest absolute Gasteiger partial charge is 0.292 e. The normalized spacial score (nSPS) is 34.3. The summed E-state index contributed by atoms with van der Waals surface area (Å²) < 4.78 is 0. The lowest BCUT2D eigenvalue weighted by molar-refractivity contribution is -0.120. The Hall–Kier alpha value is -1.32. The standard InChI is InChI=1S/C10H14N2O2/c1-5-7(11-3)10(14)6(2)8(12-4)9(5)13/h5-6H,1-4H3. The number of nitrogens with zero attached hydrogens (tertiary/aromatic N) is 2. The molecule has 0 spiro atoms. The lowest BCUT2D eigenvalue weighted by Crippen LogP contribution is -2.46. The van der Waals surface area contributed by atoms with Crippen LogP contribution in [0.4, 0.5) is 0 Å². The first-order chi connectivity index (χ1) is 6.54. The van der Waals surface area contributed by atoms with Crippen molar-refractivity contribution < 1.29 is 9.59 Å². The zero-order valence-corrected chi connectivity index (χ0v) is 8.87. The molecular formula is C10H14N2O2. The molecule has 1 aliphatic rings. The van der Waals surface area contributed by atoms with Gasteiger partial charge in [-0.3, -0.25) is 19.6 Å². The molecule has 0 aromatic carbocycles. The van der Waals surface area contributed by atoms with E-state index < -0.39 is 11.8 Å². The average molecular weight is 194 g/mol. The van der Waals surface area contributed by atoms with Crippen molar-refractivity contribution in [2.45, 2.75) is 13.8 Å². The highest BCUT2D eigenvalue weighted by molar-refractivity contribution is 6.62. The van der Waals surface area contributed by atoms with Crippen LogP contribution in [0.1, 0.15) is 13.8 Å². The van der Waals surface area contributed by atoms with Crippen LogP contribution in [0.25, 0.3) is 0 Å². The fraction of sp³-hybridized carbons (Fsp3) is 0.600. The van der Waals surface area contributed by atoms with Gasteiger partial charge in [-0.15, -0.1) is 0 Å². The smallest absolute Gasteiger partial charge is 0.186 e. The van der Waals surface area contributed by atoms with Gasteiger partial charge in [0.2, 0.25) is 0 Å². The monoisotopic (exact) mass is 194 g/mol. The Labute approximate surface area is 83.1 Å². The quantitative estimate of drug-likeness (QED) is 0.565. The number of hydrogen-bond acceptors (Lipinski definition) is 4. The number of carbonyl (C=O) groups is 2. The van der Waals surface area contributed by atoms with Crippen LogP contribution in [0.3, 0.4) is 0 Å². The van der Waals surface area contributed by atoms with Gasteiger partial charge in [-0.1, -0.05) is 0 Å². The molecule has 0 aromatic heterocycles. The molecule has 4 heteroatoms. The Kier molecular flexibility index (Phi) is 2.93. The minimum atomic E-state index is -0.442. The molecule has 1 fully saturated rings. The van der Waals surface area contributed by atoms with Crippen molar-refractivity contribution in [1.82, 2.24) is 0 Å². The van der Waals surface area contributed by atoms with Gasteiger partial charge in [-0.25, -0.2) is 0 Å². The van der Waals surface area contributed by atoms with E-state index in [4.69, 9.17) is 0 Å². The summed E-state index contributed by atoms with van der Waals surface area (Å²) in [6.07, 6.45) is 0. The Morgan fingerprint density at radius 1 is 0.857 bits per heavy atom. The van der Waals surface area contributed by atoms with E-state index in [0.29, 0.717) is 11.4 Å². The van der Waals surface area contributed by atoms with Gasteiger partial charge >= 0.3 is 0 Å². The summed E-state index contributed by atoms with van der Waals surface area (Å²) >= 11 is 0. The molecule has 0 heterocycles. The van der Waals surface area contributed by atoms with Crippen molar-refractivity contribution >= 4 is 23.0 Å². The highest BCUT2D eigenvalue weighted by atomic mass is 16.1. The number of hydrogen-bond donors (Lipinski definition) is 0. The van der Waals surface area contributed by atoms with Gasteiger partial charge in [-0.05, 0) is 13.8 Å². The summed E-state index contributed by atoms with van der Waals surface area (Å²) in [5.41, 5.74) is 0.741. The number of carbonyl (C=O) groups excluding carboxylic acids is 2. The summed E-state index contributed by atoms with van der Waals surface area (Å²) in [7, 11) is 3.08. The molecule has 0 saturated heterocycles. The molecule has 14 heavy (non-hydrogen) atoms. The highest BCUT2D eigenvalue weighted by Gasteiger charge is 2.39. The fourth-order valence-electron chi connectivity index (χ4n) is 1.73. The van der Waals surface area contributed by atoms with Gasteiger partial charge < -0.3 is 0 Å². The maximum atomic E-state index is 11.7. The number of rotatable bonds is 0. The van der Waals surface area contributed by atoms with Gasteiger partial charge in [0.25, 0.3) is 0 Å². The van der Waals surface area contributed by atoms with Gasteiger partial charge in [0.05, 0.1) is 23.3 Å². The van der Waals surface area contributed by atoms with E-state index in [-0.39, 0.29) is 11.6 Å².